The molecule has 116 valence electrons. The van der Waals surface area contributed by atoms with Crippen LogP contribution in [0.3, 0.4) is 0 Å². The van der Waals surface area contributed by atoms with Crippen LogP contribution in [0, 0.1) is 0 Å². The zero-order chi connectivity index (χ0) is 15.2. The number of aromatic nitrogens is 2. The monoisotopic (exact) mass is 358 g/mol. The van der Waals surface area contributed by atoms with Gasteiger partial charge in [-0.05, 0) is 22.4 Å². The molecule has 9 heteroatoms. The highest BCUT2D eigenvalue weighted by Gasteiger charge is 2.31. The number of ether oxygens (including phenoxy) is 1. The molecule has 0 aromatic carbocycles. The lowest BCUT2D eigenvalue weighted by Crippen LogP contribution is -2.54. The predicted molar refractivity (Wildman–Crippen MR) is 82.8 cm³/mol. The summed E-state index contributed by atoms with van der Waals surface area (Å²) in [6.45, 7) is 4.10. The number of hydrazine groups is 1. The lowest BCUT2D eigenvalue weighted by Gasteiger charge is -2.35. The number of amides is 1. The van der Waals surface area contributed by atoms with E-state index in [1.165, 1.54) is 6.33 Å². The third-order valence-electron chi connectivity index (χ3n) is 3.16. The second-order valence-electron chi connectivity index (χ2n) is 4.58. The van der Waals surface area contributed by atoms with Crippen molar-refractivity contribution in [3.63, 3.8) is 0 Å². The van der Waals surface area contributed by atoms with E-state index in [9.17, 15) is 4.79 Å². The average molecular weight is 359 g/mol. The highest BCUT2D eigenvalue weighted by atomic mass is 79.9. The minimum Gasteiger partial charge on any atom is -0.377 e. The Kier molecular flexibility index (Phi) is 5.71. The van der Waals surface area contributed by atoms with E-state index in [4.69, 9.17) is 10.6 Å². The number of carbonyl (C=O) groups is 1. The smallest absolute Gasteiger partial charge is 0.245 e. The Morgan fingerprint density at radius 3 is 3.14 bits per heavy atom. The minimum atomic E-state index is -0.415. The first-order valence-electron chi connectivity index (χ1n) is 6.78. The van der Waals surface area contributed by atoms with Crippen LogP contribution >= 0.6 is 15.9 Å². The summed E-state index contributed by atoms with van der Waals surface area (Å²) < 4.78 is 6.06. The number of nitrogen functional groups attached to an aromatic ring is 1. The first-order valence-corrected chi connectivity index (χ1v) is 7.57. The van der Waals surface area contributed by atoms with Crippen LogP contribution in [-0.4, -0.2) is 48.2 Å². The summed E-state index contributed by atoms with van der Waals surface area (Å²) >= 11 is 3.42. The summed E-state index contributed by atoms with van der Waals surface area (Å²) in [6.07, 6.45) is 2.30. The van der Waals surface area contributed by atoms with Gasteiger partial charge in [-0.1, -0.05) is 6.92 Å². The third-order valence-corrected chi connectivity index (χ3v) is 3.89. The number of rotatable bonds is 5. The number of nitrogens with two attached hydrogens (primary N) is 1. The zero-order valence-electron chi connectivity index (χ0n) is 11.8. The summed E-state index contributed by atoms with van der Waals surface area (Å²) in [5.41, 5.74) is 2.50. The molecule has 1 aromatic heterocycles. The normalized spacial score (nSPS) is 18.4. The van der Waals surface area contributed by atoms with E-state index in [2.05, 4.69) is 36.6 Å². The van der Waals surface area contributed by atoms with Crippen LogP contribution in [0.5, 0.6) is 0 Å². The standard InChI is InChI=1S/C12H19BrN6O2/c1-2-3-15-12(20)8-6-21-5-4-19(8)11-9(13)10(18-14)16-7-17-11/h7-8H,2-6,14H2,1H3,(H,15,20)(H,16,17,18). The Bertz CT molecular complexity index is 501. The molecule has 1 aliphatic heterocycles. The molecule has 0 saturated carbocycles. The van der Waals surface area contributed by atoms with Crippen LogP contribution in [-0.2, 0) is 9.53 Å². The van der Waals surface area contributed by atoms with Gasteiger partial charge in [-0.3, -0.25) is 4.79 Å². The van der Waals surface area contributed by atoms with Gasteiger partial charge in [0.2, 0.25) is 5.91 Å². The highest BCUT2D eigenvalue weighted by molar-refractivity contribution is 9.10. The van der Waals surface area contributed by atoms with Crippen LogP contribution in [0.25, 0.3) is 0 Å². The Morgan fingerprint density at radius 2 is 2.43 bits per heavy atom. The summed E-state index contributed by atoms with van der Waals surface area (Å²) in [7, 11) is 0. The van der Waals surface area contributed by atoms with E-state index in [1.54, 1.807) is 0 Å². The van der Waals surface area contributed by atoms with E-state index in [-0.39, 0.29) is 5.91 Å². The maximum absolute atomic E-state index is 12.3. The Balaban J connectivity index is 2.24. The molecule has 4 N–H and O–H groups in total. The van der Waals surface area contributed by atoms with E-state index < -0.39 is 6.04 Å². The van der Waals surface area contributed by atoms with Crippen molar-refractivity contribution < 1.29 is 9.53 Å². The third kappa shape index (κ3) is 3.60. The maximum Gasteiger partial charge on any atom is 0.245 e. The molecular formula is C12H19BrN6O2. The number of nitrogens with zero attached hydrogens (tertiary/aromatic N) is 3. The lowest BCUT2D eigenvalue weighted by atomic mass is 10.2. The largest absolute Gasteiger partial charge is 0.377 e. The number of nitrogens with one attached hydrogen (secondary N) is 2. The van der Waals surface area contributed by atoms with Crippen molar-refractivity contribution in [3.05, 3.63) is 10.8 Å². The Labute approximate surface area is 131 Å². The van der Waals surface area contributed by atoms with Gasteiger partial charge in [0.25, 0.3) is 0 Å². The summed E-state index contributed by atoms with van der Waals surface area (Å²) in [6, 6.07) is -0.415. The fourth-order valence-corrected chi connectivity index (χ4v) is 2.65. The van der Waals surface area contributed by atoms with Crippen molar-refractivity contribution >= 4 is 33.5 Å². The van der Waals surface area contributed by atoms with Gasteiger partial charge >= 0.3 is 0 Å². The van der Waals surface area contributed by atoms with Gasteiger partial charge < -0.3 is 20.4 Å². The van der Waals surface area contributed by atoms with Crippen LogP contribution in [0.4, 0.5) is 11.6 Å². The van der Waals surface area contributed by atoms with Gasteiger partial charge in [0.05, 0.1) is 13.2 Å². The average Bonchev–Trinajstić information content (AvgIpc) is 2.53. The van der Waals surface area contributed by atoms with Gasteiger partial charge in [0, 0.05) is 13.1 Å². The maximum atomic E-state index is 12.3. The molecule has 1 amide bonds. The fourth-order valence-electron chi connectivity index (χ4n) is 2.10. The first kappa shape index (κ1) is 15.9. The van der Waals surface area contributed by atoms with Crippen LogP contribution in [0.15, 0.2) is 10.8 Å². The summed E-state index contributed by atoms with van der Waals surface area (Å²) in [5, 5.41) is 2.89. The molecule has 1 unspecified atom stereocenters. The number of hydrogen-bond acceptors (Lipinski definition) is 7. The van der Waals surface area contributed by atoms with Gasteiger partial charge in [-0.25, -0.2) is 15.8 Å². The second-order valence-corrected chi connectivity index (χ2v) is 5.37. The van der Waals surface area contributed by atoms with Gasteiger partial charge in [0.15, 0.2) is 5.82 Å². The Morgan fingerprint density at radius 1 is 1.62 bits per heavy atom. The molecule has 0 bridgehead atoms. The van der Waals surface area contributed by atoms with Gasteiger partial charge in [-0.15, -0.1) is 0 Å². The van der Waals surface area contributed by atoms with Gasteiger partial charge in [-0.2, -0.15) is 0 Å². The topological polar surface area (TPSA) is 105 Å². The molecule has 0 spiro atoms. The zero-order valence-corrected chi connectivity index (χ0v) is 13.4. The predicted octanol–water partition coefficient (Wildman–Crippen LogP) is 0.256. The van der Waals surface area contributed by atoms with Crippen LogP contribution in [0.2, 0.25) is 0 Å². The molecular weight excluding hydrogens is 340 g/mol. The molecule has 8 nitrogen and oxygen atoms in total. The van der Waals surface area contributed by atoms with Crippen molar-refractivity contribution in [3.8, 4) is 0 Å². The molecule has 1 atom stereocenters. The molecule has 2 rings (SSSR count). The van der Waals surface area contributed by atoms with E-state index >= 15 is 0 Å². The summed E-state index contributed by atoms with van der Waals surface area (Å²) in [5.74, 6) is 6.45. The molecule has 1 aromatic rings. The van der Waals surface area contributed by atoms with Gasteiger partial charge in [0.1, 0.15) is 22.7 Å². The van der Waals surface area contributed by atoms with E-state index in [1.807, 2.05) is 11.8 Å². The number of morpholine rings is 1. The quantitative estimate of drug-likeness (QED) is 0.511. The molecule has 0 radical (unpaired) electrons. The summed E-state index contributed by atoms with van der Waals surface area (Å²) in [4.78, 5) is 22.5. The van der Waals surface area contributed by atoms with Crippen molar-refractivity contribution in [2.75, 3.05) is 36.6 Å². The highest BCUT2D eigenvalue weighted by Crippen LogP contribution is 2.30. The number of halogens is 1. The fraction of sp³-hybridized carbons (Fsp3) is 0.583. The molecule has 21 heavy (non-hydrogen) atoms. The molecule has 1 aliphatic rings. The second kappa shape index (κ2) is 7.53. The Hall–Kier alpha value is -1.45. The molecule has 0 aliphatic carbocycles. The van der Waals surface area contributed by atoms with E-state index in [0.717, 1.165) is 6.42 Å². The van der Waals surface area contributed by atoms with Crippen molar-refractivity contribution in [2.24, 2.45) is 5.84 Å². The van der Waals surface area contributed by atoms with E-state index in [0.29, 0.717) is 42.4 Å². The first-order chi connectivity index (χ1) is 10.2. The number of carbonyl (C=O) groups excluding carboxylic acids is 1. The van der Waals surface area contributed by atoms with Crippen molar-refractivity contribution in [2.45, 2.75) is 19.4 Å². The molecule has 2 heterocycles. The van der Waals surface area contributed by atoms with Crippen LogP contribution in [0.1, 0.15) is 13.3 Å². The minimum absolute atomic E-state index is 0.0654. The SMILES string of the molecule is CCCNC(=O)C1COCCN1c1ncnc(NN)c1Br. The lowest BCUT2D eigenvalue weighted by molar-refractivity contribution is -0.124. The number of anilines is 2. The number of hydrogen-bond donors (Lipinski definition) is 3. The van der Waals surface area contributed by atoms with Crippen molar-refractivity contribution in [1.29, 1.82) is 0 Å². The van der Waals surface area contributed by atoms with Crippen LogP contribution < -0.4 is 21.5 Å². The van der Waals surface area contributed by atoms with Crippen molar-refractivity contribution in [1.82, 2.24) is 15.3 Å². The molecule has 1 saturated heterocycles. The molecule has 1 fully saturated rings.